The first-order valence-electron chi connectivity index (χ1n) is 7.57. The van der Waals surface area contributed by atoms with Gasteiger partial charge >= 0.3 is 0 Å². The van der Waals surface area contributed by atoms with Crippen molar-refractivity contribution in [2.24, 2.45) is 0 Å². The van der Waals surface area contributed by atoms with Crippen molar-refractivity contribution >= 4 is 33.0 Å². The molecule has 2 rings (SSSR count). The fraction of sp³-hybridized carbons (Fsp3) is 0.235. The summed E-state index contributed by atoms with van der Waals surface area (Å²) in [5.74, 6) is 0.363. The smallest absolute Gasteiger partial charge is 0.246 e. The molecule has 0 bridgehead atoms. The van der Waals surface area contributed by atoms with Crippen molar-refractivity contribution in [1.29, 1.82) is 0 Å². The normalized spacial score (nSPS) is 12.1. The zero-order chi connectivity index (χ0) is 18.4. The van der Waals surface area contributed by atoms with Crippen LogP contribution >= 0.6 is 0 Å². The molecule has 8 heteroatoms. The van der Waals surface area contributed by atoms with Crippen LogP contribution in [0.2, 0.25) is 0 Å². The van der Waals surface area contributed by atoms with Gasteiger partial charge in [0, 0.05) is 11.4 Å². The van der Waals surface area contributed by atoms with Crippen LogP contribution in [0.3, 0.4) is 0 Å². The molecule has 0 fully saturated rings. The molecule has 0 aliphatic rings. The van der Waals surface area contributed by atoms with Gasteiger partial charge in [0.25, 0.3) is 0 Å². The van der Waals surface area contributed by atoms with E-state index in [9.17, 15) is 13.2 Å². The Morgan fingerprint density at radius 3 is 2.24 bits per heavy atom. The number of carbonyl (C=O) groups excluding carboxylic acids is 1. The fourth-order valence-electron chi connectivity index (χ4n) is 2.15. The van der Waals surface area contributed by atoms with E-state index in [0.29, 0.717) is 22.8 Å². The van der Waals surface area contributed by atoms with Gasteiger partial charge in [-0.1, -0.05) is 12.1 Å². The van der Waals surface area contributed by atoms with Crippen molar-refractivity contribution in [3.05, 3.63) is 48.5 Å². The highest BCUT2D eigenvalue weighted by Crippen LogP contribution is 2.23. The minimum absolute atomic E-state index is 0.220. The van der Waals surface area contributed by atoms with Gasteiger partial charge < -0.3 is 15.4 Å². The lowest BCUT2D eigenvalue weighted by atomic mass is 10.2. The van der Waals surface area contributed by atoms with Gasteiger partial charge in [-0.25, -0.2) is 8.42 Å². The highest BCUT2D eigenvalue weighted by molar-refractivity contribution is 7.92. The molecule has 0 unspecified atom stereocenters. The lowest BCUT2D eigenvalue weighted by molar-refractivity contribution is -0.116. The summed E-state index contributed by atoms with van der Waals surface area (Å²) in [5, 5.41) is 5.87. The van der Waals surface area contributed by atoms with Gasteiger partial charge in [-0.2, -0.15) is 0 Å². The summed E-state index contributed by atoms with van der Waals surface area (Å²) < 4.78 is 30.0. The van der Waals surface area contributed by atoms with E-state index in [1.54, 1.807) is 50.4 Å². The Hall–Kier alpha value is -2.74. The summed E-state index contributed by atoms with van der Waals surface area (Å²) in [5.41, 5.74) is 1.75. The van der Waals surface area contributed by atoms with Crippen LogP contribution in [-0.2, 0) is 14.8 Å². The Balaban J connectivity index is 1.99. The maximum Gasteiger partial charge on any atom is 0.246 e. The molecule has 134 valence electrons. The van der Waals surface area contributed by atoms with Gasteiger partial charge in [0.2, 0.25) is 15.9 Å². The second-order valence-electron chi connectivity index (χ2n) is 5.51. The Kier molecular flexibility index (Phi) is 5.87. The maximum absolute atomic E-state index is 12.3. The fourth-order valence-corrected chi connectivity index (χ4v) is 2.72. The standard InChI is InChI=1S/C17H21N3O4S/c1-12(17(21)19-15-6-4-5-7-16(15)24-2)18-13-8-10-14(11-9-13)20-25(3,22)23/h4-12,18,20H,1-3H3,(H,19,21)/t12-/m1/s1. The number of methoxy groups -OCH3 is 1. The Morgan fingerprint density at radius 1 is 1.04 bits per heavy atom. The molecule has 0 saturated heterocycles. The molecule has 1 atom stereocenters. The van der Waals surface area contributed by atoms with E-state index in [1.807, 2.05) is 12.1 Å². The number of carbonyl (C=O) groups is 1. The summed E-state index contributed by atoms with van der Waals surface area (Å²) in [6.45, 7) is 1.73. The molecule has 0 saturated carbocycles. The van der Waals surface area contributed by atoms with Crippen LogP contribution in [-0.4, -0.2) is 33.7 Å². The van der Waals surface area contributed by atoms with Gasteiger partial charge in [-0.3, -0.25) is 9.52 Å². The molecule has 2 aromatic rings. The minimum Gasteiger partial charge on any atom is -0.495 e. The van der Waals surface area contributed by atoms with Crippen molar-refractivity contribution in [2.45, 2.75) is 13.0 Å². The molecule has 0 aromatic heterocycles. The summed E-state index contributed by atoms with van der Waals surface area (Å²) in [4.78, 5) is 12.3. The van der Waals surface area contributed by atoms with Crippen molar-refractivity contribution < 1.29 is 17.9 Å². The minimum atomic E-state index is -3.31. The second kappa shape index (κ2) is 7.89. The van der Waals surface area contributed by atoms with E-state index in [-0.39, 0.29) is 5.91 Å². The topological polar surface area (TPSA) is 96.5 Å². The number of sulfonamides is 1. The average molecular weight is 363 g/mol. The molecule has 0 aliphatic heterocycles. The molecule has 7 nitrogen and oxygen atoms in total. The number of para-hydroxylation sites is 2. The lowest BCUT2D eigenvalue weighted by Crippen LogP contribution is -2.32. The number of nitrogens with one attached hydrogen (secondary N) is 3. The van der Waals surface area contributed by atoms with Gasteiger partial charge in [-0.05, 0) is 43.3 Å². The third-order valence-corrected chi connectivity index (χ3v) is 3.94. The average Bonchev–Trinajstić information content (AvgIpc) is 2.55. The molecule has 0 radical (unpaired) electrons. The number of rotatable bonds is 7. The number of benzene rings is 2. The van der Waals surface area contributed by atoms with Crippen molar-refractivity contribution in [2.75, 3.05) is 28.7 Å². The first kappa shape index (κ1) is 18.6. The number of anilines is 3. The third kappa shape index (κ3) is 5.68. The Morgan fingerprint density at radius 2 is 1.64 bits per heavy atom. The number of hydrogen-bond donors (Lipinski definition) is 3. The number of ether oxygens (including phenoxy) is 1. The third-order valence-electron chi connectivity index (χ3n) is 3.33. The van der Waals surface area contributed by atoms with E-state index in [0.717, 1.165) is 6.26 Å². The maximum atomic E-state index is 12.3. The molecule has 0 aliphatic carbocycles. The van der Waals surface area contributed by atoms with E-state index in [1.165, 1.54) is 0 Å². The van der Waals surface area contributed by atoms with Crippen LogP contribution in [0.15, 0.2) is 48.5 Å². The molecule has 0 heterocycles. The zero-order valence-electron chi connectivity index (χ0n) is 14.2. The molecular weight excluding hydrogens is 342 g/mol. The summed E-state index contributed by atoms with van der Waals surface area (Å²) in [7, 11) is -1.77. The van der Waals surface area contributed by atoms with Crippen molar-refractivity contribution in [3.63, 3.8) is 0 Å². The summed E-state index contributed by atoms with van der Waals surface area (Å²) in [6, 6.07) is 13.3. The Labute approximate surface area is 147 Å². The van der Waals surface area contributed by atoms with Crippen LogP contribution in [0.4, 0.5) is 17.1 Å². The van der Waals surface area contributed by atoms with Crippen LogP contribution < -0.4 is 20.1 Å². The van der Waals surface area contributed by atoms with E-state index < -0.39 is 16.1 Å². The first-order chi connectivity index (χ1) is 11.8. The van der Waals surface area contributed by atoms with Gasteiger partial charge in [-0.15, -0.1) is 0 Å². The molecule has 1 amide bonds. The van der Waals surface area contributed by atoms with Crippen LogP contribution in [0.5, 0.6) is 5.75 Å². The van der Waals surface area contributed by atoms with Gasteiger partial charge in [0.05, 0.1) is 19.1 Å². The predicted octanol–water partition coefficient (Wildman–Crippen LogP) is 2.51. The molecule has 2 aromatic carbocycles. The van der Waals surface area contributed by atoms with E-state index in [4.69, 9.17) is 4.74 Å². The van der Waals surface area contributed by atoms with Crippen molar-refractivity contribution in [3.8, 4) is 5.75 Å². The summed E-state index contributed by atoms with van der Waals surface area (Å²) >= 11 is 0. The zero-order valence-corrected chi connectivity index (χ0v) is 15.1. The van der Waals surface area contributed by atoms with Crippen LogP contribution in [0.25, 0.3) is 0 Å². The number of amides is 1. The highest BCUT2D eigenvalue weighted by atomic mass is 32.2. The monoisotopic (exact) mass is 363 g/mol. The SMILES string of the molecule is COc1ccccc1NC(=O)[C@@H](C)Nc1ccc(NS(C)(=O)=O)cc1. The van der Waals surface area contributed by atoms with Crippen molar-refractivity contribution in [1.82, 2.24) is 0 Å². The lowest BCUT2D eigenvalue weighted by Gasteiger charge is -2.17. The van der Waals surface area contributed by atoms with Gasteiger partial charge in [0.15, 0.2) is 0 Å². The number of hydrogen-bond acceptors (Lipinski definition) is 5. The first-order valence-corrected chi connectivity index (χ1v) is 9.46. The summed E-state index contributed by atoms with van der Waals surface area (Å²) in [6.07, 6.45) is 1.09. The molecular formula is C17H21N3O4S. The second-order valence-corrected chi connectivity index (χ2v) is 7.26. The van der Waals surface area contributed by atoms with Crippen LogP contribution in [0.1, 0.15) is 6.92 Å². The van der Waals surface area contributed by atoms with E-state index >= 15 is 0 Å². The van der Waals surface area contributed by atoms with Gasteiger partial charge in [0.1, 0.15) is 11.8 Å². The predicted molar refractivity (Wildman–Crippen MR) is 99.6 cm³/mol. The van der Waals surface area contributed by atoms with Crippen LogP contribution in [0, 0.1) is 0 Å². The Bertz CT molecular complexity index is 835. The quantitative estimate of drug-likeness (QED) is 0.702. The highest BCUT2D eigenvalue weighted by Gasteiger charge is 2.14. The molecule has 0 spiro atoms. The molecule has 3 N–H and O–H groups in total. The van der Waals surface area contributed by atoms with E-state index in [2.05, 4.69) is 15.4 Å². The largest absolute Gasteiger partial charge is 0.495 e. The molecule has 25 heavy (non-hydrogen) atoms.